The summed E-state index contributed by atoms with van der Waals surface area (Å²) in [5.74, 6) is 0.389. The molecular formula is C15H25N5O3. The Morgan fingerprint density at radius 2 is 2.00 bits per heavy atom. The summed E-state index contributed by atoms with van der Waals surface area (Å²) in [5, 5.41) is 12.2. The van der Waals surface area contributed by atoms with E-state index in [0.717, 1.165) is 5.56 Å². The first-order valence-corrected chi connectivity index (χ1v) is 7.34. The molecule has 1 aromatic carbocycles. The van der Waals surface area contributed by atoms with Crippen molar-refractivity contribution in [2.45, 2.75) is 24.9 Å². The number of nitrogens with one attached hydrogen (secondary N) is 1. The fraction of sp³-hybridized carbons (Fsp3) is 0.467. The zero-order valence-corrected chi connectivity index (χ0v) is 13.2. The van der Waals surface area contributed by atoms with Gasteiger partial charge in [0.25, 0.3) is 0 Å². The molecule has 0 saturated heterocycles. The van der Waals surface area contributed by atoms with E-state index in [1.807, 2.05) is 0 Å². The van der Waals surface area contributed by atoms with E-state index in [1.165, 1.54) is 0 Å². The van der Waals surface area contributed by atoms with E-state index in [4.69, 9.17) is 21.9 Å². The summed E-state index contributed by atoms with van der Waals surface area (Å²) in [5.41, 5.74) is 17.0. The molecule has 0 aromatic heterocycles. The van der Waals surface area contributed by atoms with Crippen molar-refractivity contribution in [2.75, 3.05) is 20.3 Å². The summed E-state index contributed by atoms with van der Waals surface area (Å²) in [6.07, 6.45) is 1.04. The van der Waals surface area contributed by atoms with Crippen molar-refractivity contribution in [3.05, 3.63) is 29.8 Å². The molecule has 1 aromatic rings. The summed E-state index contributed by atoms with van der Waals surface area (Å²) in [7, 11) is 1.57. The van der Waals surface area contributed by atoms with Crippen LogP contribution < -0.4 is 27.3 Å². The largest absolute Gasteiger partial charge is 0.497 e. The van der Waals surface area contributed by atoms with Crippen LogP contribution in [-0.4, -0.2) is 43.3 Å². The highest BCUT2D eigenvalue weighted by Gasteiger charge is 2.18. The van der Waals surface area contributed by atoms with Gasteiger partial charge in [-0.1, -0.05) is 12.1 Å². The van der Waals surface area contributed by atoms with E-state index < -0.39 is 12.1 Å². The Morgan fingerprint density at radius 1 is 1.35 bits per heavy atom. The van der Waals surface area contributed by atoms with Crippen molar-refractivity contribution in [3.8, 4) is 5.75 Å². The Labute approximate surface area is 135 Å². The van der Waals surface area contributed by atoms with Crippen LogP contribution in [0.1, 0.15) is 24.4 Å². The minimum atomic E-state index is -0.684. The molecule has 1 rings (SSSR count). The second-order valence-electron chi connectivity index (χ2n) is 5.07. The topological polar surface area (TPSA) is 149 Å². The van der Waals surface area contributed by atoms with Gasteiger partial charge in [-0.15, -0.1) is 0 Å². The Kier molecular flexibility index (Phi) is 7.86. The van der Waals surface area contributed by atoms with Crippen LogP contribution in [0.25, 0.3) is 0 Å². The quantitative estimate of drug-likeness (QED) is 0.229. The third kappa shape index (κ3) is 6.54. The Balaban J connectivity index is 2.52. The predicted molar refractivity (Wildman–Crippen MR) is 88.8 cm³/mol. The van der Waals surface area contributed by atoms with Crippen molar-refractivity contribution in [2.24, 2.45) is 22.2 Å². The highest BCUT2D eigenvalue weighted by Crippen LogP contribution is 2.17. The molecule has 0 bridgehead atoms. The van der Waals surface area contributed by atoms with Gasteiger partial charge in [-0.05, 0) is 30.5 Å². The maximum Gasteiger partial charge on any atom is 0.237 e. The van der Waals surface area contributed by atoms with Gasteiger partial charge in [-0.2, -0.15) is 0 Å². The number of ether oxygens (including phenoxy) is 1. The Hall–Kier alpha value is -2.32. The number of nitrogens with two attached hydrogens (primary N) is 3. The highest BCUT2D eigenvalue weighted by atomic mass is 16.5. The monoisotopic (exact) mass is 323 g/mol. The van der Waals surface area contributed by atoms with Gasteiger partial charge in [0.05, 0.1) is 25.8 Å². The number of aliphatic hydroxyl groups excluding tert-OH is 1. The lowest BCUT2D eigenvalue weighted by Crippen LogP contribution is -2.43. The maximum absolute atomic E-state index is 12.1. The molecule has 8 nitrogen and oxygen atoms in total. The van der Waals surface area contributed by atoms with Gasteiger partial charge < -0.3 is 32.4 Å². The normalized spacial score (nSPS) is 13.0. The van der Waals surface area contributed by atoms with Crippen LogP contribution in [-0.2, 0) is 4.79 Å². The summed E-state index contributed by atoms with van der Waals surface area (Å²) >= 11 is 0. The SMILES string of the molecule is COc1ccc(C(CO)NC(=O)[C@@H](N)CCCN=C(N)N)cc1. The smallest absolute Gasteiger partial charge is 0.237 e. The number of aliphatic hydroxyl groups is 1. The van der Waals surface area contributed by atoms with Gasteiger partial charge in [0.15, 0.2) is 5.96 Å². The molecule has 2 atom stereocenters. The molecule has 8 heteroatoms. The minimum absolute atomic E-state index is 0.0165. The standard InChI is InChI=1S/C15H25N5O3/c1-23-11-6-4-10(5-7-11)13(9-21)20-14(22)12(16)3-2-8-19-15(17)18/h4-7,12-13,21H,2-3,8-9,16H2,1H3,(H,20,22)(H4,17,18,19)/t12-,13?/m0/s1. The molecule has 23 heavy (non-hydrogen) atoms. The molecule has 128 valence electrons. The van der Waals surface area contributed by atoms with Crippen LogP contribution in [0, 0.1) is 0 Å². The number of aliphatic imine (C=N–C) groups is 1. The van der Waals surface area contributed by atoms with Crippen molar-refractivity contribution in [1.29, 1.82) is 0 Å². The maximum atomic E-state index is 12.1. The van der Waals surface area contributed by atoms with Crippen LogP contribution >= 0.6 is 0 Å². The second kappa shape index (κ2) is 9.65. The number of carbonyl (C=O) groups is 1. The van der Waals surface area contributed by atoms with Gasteiger partial charge in [-0.3, -0.25) is 9.79 Å². The van der Waals surface area contributed by atoms with Crippen molar-refractivity contribution in [3.63, 3.8) is 0 Å². The molecule has 1 unspecified atom stereocenters. The second-order valence-corrected chi connectivity index (χ2v) is 5.07. The summed E-state index contributed by atoms with van der Waals surface area (Å²) in [6, 6.07) is 5.89. The molecule has 0 saturated carbocycles. The lowest BCUT2D eigenvalue weighted by molar-refractivity contribution is -0.123. The number of hydrogen-bond acceptors (Lipinski definition) is 5. The third-order valence-corrected chi connectivity index (χ3v) is 3.32. The van der Waals surface area contributed by atoms with E-state index >= 15 is 0 Å². The van der Waals surface area contributed by atoms with Crippen LogP contribution in [0.3, 0.4) is 0 Å². The zero-order chi connectivity index (χ0) is 17.2. The van der Waals surface area contributed by atoms with E-state index in [1.54, 1.807) is 31.4 Å². The molecule has 1 amide bonds. The highest BCUT2D eigenvalue weighted by molar-refractivity contribution is 5.81. The number of hydrogen-bond donors (Lipinski definition) is 5. The number of nitrogens with zero attached hydrogens (tertiary/aromatic N) is 1. The number of guanidine groups is 1. The average molecular weight is 323 g/mol. The molecular weight excluding hydrogens is 298 g/mol. The first-order chi connectivity index (χ1) is 11.0. The van der Waals surface area contributed by atoms with Crippen LogP contribution in [0.4, 0.5) is 0 Å². The molecule has 0 heterocycles. The molecule has 0 aliphatic heterocycles. The Bertz CT molecular complexity index is 514. The molecule has 0 aliphatic carbocycles. The van der Waals surface area contributed by atoms with Gasteiger partial charge in [0.1, 0.15) is 5.75 Å². The molecule has 0 fully saturated rings. The van der Waals surface area contributed by atoms with Gasteiger partial charge in [0.2, 0.25) is 5.91 Å². The van der Waals surface area contributed by atoms with E-state index in [9.17, 15) is 9.90 Å². The summed E-state index contributed by atoms with van der Waals surface area (Å²) in [4.78, 5) is 15.9. The lowest BCUT2D eigenvalue weighted by Gasteiger charge is -2.19. The number of rotatable bonds is 9. The van der Waals surface area contributed by atoms with Gasteiger partial charge in [0, 0.05) is 6.54 Å². The fourth-order valence-corrected chi connectivity index (χ4v) is 2.00. The summed E-state index contributed by atoms with van der Waals surface area (Å²) < 4.78 is 5.08. The molecule has 0 aliphatic rings. The van der Waals surface area contributed by atoms with E-state index in [-0.39, 0.29) is 18.5 Å². The lowest BCUT2D eigenvalue weighted by atomic mass is 10.1. The first-order valence-electron chi connectivity index (χ1n) is 7.34. The van der Waals surface area contributed by atoms with Gasteiger partial charge >= 0.3 is 0 Å². The first kappa shape index (κ1) is 18.7. The zero-order valence-electron chi connectivity index (χ0n) is 13.2. The van der Waals surface area contributed by atoms with E-state index in [2.05, 4.69) is 10.3 Å². The molecule has 8 N–H and O–H groups in total. The van der Waals surface area contributed by atoms with Crippen molar-refractivity contribution in [1.82, 2.24) is 5.32 Å². The van der Waals surface area contributed by atoms with Gasteiger partial charge in [-0.25, -0.2) is 0 Å². The summed E-state index contributed by atoms with van der Waals surface area (Å²) in [6.45, 7) is 0.198. The number of carbonyl (C=O) groups excluding carboxylic acids is 1. The van der Waals surface area contributed by atoms with Crippen LogP contribution in [0.15, 0.2) is 29.3 Å². The molecule has 0 spiro atoms. The van der Waals surface area contributed by atoms with Crippen LogP contribution in [0.2, 0.25) is 0 Å². The predicted octanol–water partition coefficient (Wildman–Crippen LogP) is -0.774. The fourth-order valence-electron chi connectivity index (χ4n) is 2.00. The Morgan fingerprint density at radius 3 is 2.52 bits per heavy atom. The van der Waals surface area contributed by atoms with Crippen molar-refractivity contribution >= 4 is 11.9 Å². The number of amides is 1. The van der Waals surface area contributed by atoms with E-state index in [0.29, 0.717) is 25.1 Å². The molecule has 0 radical (unpaired) electrons. The number of benzene rings is 1. The minimum Gasteiger partial charge on any atom is -0.497 e. The third-order valence-electron chi connectivity index (χ3n) is 3.32. The van der Waals surface area contributed by atoms with Crippen LogP contribution in [0.5, 0.6) is 5.75 Å². The average Bonchev–Trinajstić information content (AvgIpc) is 2.56. The van der Waals surface area contributed by atoms with Crippen molar-refractivity contribution < 1.29 is 14.6 Å². The number of methoxy groups -OCH3 is 1.